The lowest BCUT2D eigenvalue weighted by molar-refractivity contribution is 0.926. The van der Waals surface area contributed by atoms with Gasteiger partial charge < -0.3 is 5.73 Å². The molecule has 0 saturated carbocycles. The van der Waals surface area contributed by atoms with Gasteiger partial charge in [-0.2, -0.15) is 0 Å². The second-order valence-electron chi connectivity index (χ2n) is 4.70. The molecule has 0 bridgehead atoms. The van der Waals surface area contributed by atoms with Crippen LogP contribution in [0.5, 0.6) is 0 Å². The Balaban J connectivity index is 1.88. The van der Waals surface area contributed by atoms with Gasteiger partial charge in [-0.25, -0.2) is 4.99 Å². The monoisotopic (exact) mass is 279 g/mol. The topological polar surface area (TPSA) is 66.0 Å². The SMILES string of the molecule is CN=C1NC(N)=NCN1c1ccc(-c2ccccc2)cc1. The predicted molar refractivity (Wildman–Crippen MR) is 87.3 cm³/mol. The maximum atomic E-state index is 5.67. The third-order valence-electron chi connectivity index (χ3n) is 3.38. The number of benzene rings is 2. The molecule has 0 radical (unpaired) electrons. The summed E-state index contributed by atoms with van der Waals surface area (Å²) in [5.41, 5.74) is 9.08. The van der Waals surface area contributed by atoms with Gasteiger partial charge in [0.25, 0.3) is 0 Å². The fourth-order valence-corrected chi connectivity index (χ4v) is 2.28. The molecule has 3 rings (SSSR count). The fourth-order valence-electron chi connectivity index (χ4n) is 2.28. The summed E-state index contributed by atoms with van der Waals surface area (Å²) in [6.45, 7) is 0.468. The second kappa shape index (κ2) is 5.66. The summed E-state index contributed by atoms with van der Waals surface area (Å²) in [7, 11) is 1.73. The van der Waals surface area contributed by atoms with Crippen molar-refractivity contribution in [2.24, 2.45) is 15.7 Å². The summed E-state index contributed by atoms with van der Waals surface area (Å²) >= 11 is 0. The van der Waals surface area contributed by atoms with Crippen molar-refractivity contribution < 1.29 is 0 Å². The first-order valence-corrected chi connectivity index (χ1v) is 6.74. The van der Waals surface area contributed by atoms with Crippen LogP contribution in [0.3, 0.4) is 0 Å². The van der Waals surface area contributed by atoms with Crippen LogP contribution in [-0.4, -0.2) is 25.6 Å². The Hall–Kier alpha value is -2.82. The number of nitrogens with zero attached hydrogens (tertiary/aromatic N) is 3. The molecule has 0 aliphatic carbocycles. The first kappa shape index (κ1) is 13.2. The molecule has 1 heterocycles. The van der Waals surface area contributed by atoms with Gasteiger partial charge in [0.1, 0.15) is 6.67 Å². The standard InChI is InChI=1S/C16H17N5/c1-18-16-20-15(17)19-11-21(16)14-9-7-13(8-10-14)12-5-3-2-4-6-12/h2-10H,11H2,1H3,(H3,17,18,19,20). The van der Waals surface area contributed by atoms with Crippen molar-refractivity contribution in [3.63, 3.8) is 0 Å². The zero-order valence-electron chi connectivity index (χ0n) is 11.8. The Kier molecular flexibility index (Phi) is 3.55. The van der Waals surface area contributed by atoms with Crippen LogP contribution in [0.2, 0.25) is 0 Å². The number of aliphatic imine (C=N–C) groups is 2. The summed E-state index contributed by atoms with van der Waals surface area (Å²) in [6, 6.07) is 18.6. The zero-order valence-corrected chi connectivity index (χ0v) is 11.8. The van der Waals surface area contributed by atoms with Crippen LogP contribution in [-0.2, 0) is 0 Å². The van der Waals surface area contributed by atoms with Gasteiger partial charge in [-0.15, -0.1) is 0 Å². The minimum absolute atomic E-state index is 0.396. The van der Waals surface area contributed by atoms with Crippen molar-refractivity contribution in [2.75, 3.05) is 18.6 Å². The molecule has 3 N–H and O–H groups in total. The Morgan fingerprint density at radius 2 is 1.71 bits per heavy atom. The van der Waals surface area contributed by atoms with Gasteiger partial charge in [-0.05, 0) is 23.3 Å². The fraction of sp³-hybridized carbons (Fsp3) is 0.125. The highest BCUT2D eigenvalue weighted by Gasteiger charge is 2.17. The smallest absolute Gasteiger partial charge is 0.206 e. The molecule has 2 aromatic carbocycles. The summed E-state index contributed by atoms with van der Waals surface area (Å²) in [5, 5.41) is 2.96. The molecule has 5 heteroatoms. The highest BCUT2D eigenvalue weighted by atomic mass is 15.4. The summed E-state index contributed by atoms with van der Waals surface area (Å²) < 4.78 is 0. The van der Waals surface area contributed by atoms with E-state index in [0.29, 0.717) is 18.6 Å². The van der Waals surface area contributed by atoms with Crippen LogP contribution >= 0.6 is 0 Å². The first-order chi connectivity index (χ1) is 10.3. The first-order valence-electron chi connectivity index (χ1n) is 6.74. The van der Waals surface area contributed by atoms with Gasteiger partial charge >= 0.3 is 0 Å². The number of guanidine groups is 2. The van der Waals surface area contributed by atoms with E-state index in [0.717, 1.165) is 5.69 Å². The van der Waals surface area contributed by atoms with Crippen molar-refractivity contribution in [3.8, 4) is 11.1 Å². The van der Waals surface area contributed by atoms with E-state index in [9.17, 15) is 0 Å². The minimum atomic E-state index is 0.396. The van der Waals surface area contributed by atoms with Crippen LogP contribution in [0.1, 0.15) is 0 Å². The molecule has 0 aromatic heterocycles. The van der Waals surface area contributed by atoms with Gasteiger partial charge in [0.05, 0.1) is 0 Å². The summed E-state index contributed by atoms with van der Waals surface area (Å²) in [6.07, 6.45) is 0. The van der Waals surface area contributed by atoms with Gasteiger partial charge in [-0.3, -0.25) is 15.2 Å². The normalized spacial score (nSPS) is 16.5. The molecule has 5 nitrogen and oxygen atoms in total. The molecule has 0 fully saturated rings. The van der Waals surface area contributed by atoms with E-state index >= 15 is 0 Å². The molecule has 0 spiro atoms. The molecule has 1 aliphatic rings. The van der Waals surface area contributed by atoms with Crippen molar-refractivity contribution in [3.05, 3.63) is 54.6 Å². The van der Waals surface area contributed by atoms with Crippen LogP contribution in [0.15, 0.2) is 64.6 Å². The largest absolute Gasteiger partial charge is 0.370 e. The number of anilines is 1. The van der Waals surface area contributed by atoms with Crippen LogP contribution in [0, 0.1) is 0 Å². The van der Waals surface area contributed by atoms with Gasteiger partial charge in [0.15, 0.2) is 5.96 Å². The quantitative estimate of drug-likeness (QED) is 0.884. The van der Waals surface area contributed by atoms with E-state index < -0.39 is 0 Å². The highest BCUT2D eigenvalue weighted by Crippen LogP contribution is 2.23. The molecule has 21 heavy (non-hydrogen) atoms. The van der Waals surface area contributed by atoms with E-state index in [4.69, 9.17) is 5.73 Å². The number of hydrogen-bond acceptors (Lipinski definition) is 3. The molecule has 0 atom stereocenters. The molecule has 106 valence electrons. The maximum absolute atomic E-state index is 5.67. The van der Waals surface area contributed by atoms with Crippen LogP contribution in [0.4, 0.5) is 5.69 Å². The van der Waals surface area contributed by atoms with Crippen LogP contribution < -0.4 is 16.0 Å². The molecular formula is C16H17N5. The maximum Gasteiger partial charge on any atom is 0.206 e. The molecule has 1 aliphatic heterocycles. The van der Waals surface area contributed by atoms with Gasteiger partial charge in [0, 0.05) is 12.7 Å². The second-order valence-corrected chi connectivity index (χ2v) is 4.70. The third-order valence-corrected chi connectivity index (χ3v) is 3.38. The highest BCUT2D eigenvalue weighted by molar-refractivity contribution is 6.08. The van der Waals surface area contributed by atoms with Gasteiger partial charge in [-0.1, -0.05) is 42.5 Å². The number of rotatable bonds is 2. The van der Waals surface area contributed by atoms with E-state index in [1.807, 2.05) is 23.1 Å². The Bertz CT molecular complexity index is 674. The lowest BCUT2D eigenvalue weighted by Gasteiger charge is -2.28. The number of hydrogen-bond donors (Lipinski definition) is 2. The third kappa shape index (κ3) is 2.72. The molecular weight excluding hydrogens is 262 g/mol. The molecule has 0 amide bonds. The number of nitrogens with one attached hydrogen (secondary N) is 1. The average molecular weight is 279 g/mol. The van der Waals surface area contributed by atoms with E-state index in [1.165, 1.54) is 11.1 Å². The molecule has 2 aromatic rings. The average Bonchev–Trinajstić information content (AvgIpc) is 2.56. The lowest BCUT2D eigenvalue weighted by Crippen LogP contribution is -2.51. The van der Waals surface area contributed by atoms with Crippen LogP contribution in [0.25, 0.3) is 11.1 Å². The van der Waals surface area contributed by atoms with Crippen molar-refractivity contribution in [2.45, 2.75) is 0 Å². The Morgan fingerprint density at radius 1 is 1.05 bits per heavy atom. The van der Waals surface area contributed by atoms with E-state index in [1.54, 1.807) is 7.05 Å². The summed E-state index contributed by atoms with van der Waals surface area (Å²) in [4.78, 5) is 10.4. The van der Waals surface area contributed by atoms with Crippen molar-refractivity contribution >= 4 is 17.6 Å². The van der Waals surface area contributed by atoms with E-state index in [2.05, 4.69) is 51.7 Å². The predicted octanol–water partition coefficient (Wildman–Crippen LogP) is 2.02. The summed E-state index contributed by atoms with van der Waals surface area (Å²) in [5.74, 6) is 1.10. The Labute approximate surface area is 123 Å². The zero-order chi connectivity index (χ0) is 14.7. The molecule has 0 saturated heterocycles. The Morgan fingerprint density at radius 3 is 2.38 bits per heavy atom. The number of nitrogens with two attached hydrogens (primary N) is 1. The van der Waals surface area contributed by atoms with Crippen molar-refractivity contribution in [1.82, 2.24) is 5.32 Å². The molecule has 0 unspecified atom stereocenters. The van der Waals surface area contributed by atoms with Gasteiger partial charge in [0.2, 0.25) is 5.96 Å². The van der Waals surface area contributed by atoms with E-state index in [-0.39, 0.29) is 0 Å². The minimum Gasteiger partial charge on any atom is -0.370 e. The van der Waals surface area contributed by atoms with Crippen molar-refractivity contribution in [1.29, 1.82) is 0 Å². The lowest BCUT2D eigenvalue weighted by atomic mass is 10.1.